The fraction of sp³-hybridized carbons (Fsp3) is 0.250. The van der Waals surface area contributed by atoms with Crippen LogP contribution in [0.25, 0.3) is 11.0 Å². The first-order valence-corrected chi connectivity index (χ1v) is 9.77. The summed E-state index contributed by atoms with van der Waals surface area (Å²) in [6.07, 6.45) is 0.845. The summed E-state index contributed by atoms with van der Waals surface area (Å²) in [7, 11) is 1.98. The van der Waals surface area contributed by atoms with Crippen LogP contribution >= 0.6 is 11.8 Å². The van der Waals surface area contributed by atoms with E-state index in [-0.39, 0.29) is 17.5 Å². The highest BCUT2D eigenvalue weighted by molar-refractivity contribution is 8.00. The topological polar surface area (TPSA) is 49.3 Å². The number of thioether (sulfide) groups is 1. The molecule has 3 aromatic rings. The van der Waals surface area contributed by atoms with Crippen LogP contribution in [0.3, 0.4) is 0 Å². The zero-order chi connectivity index (χ0) is 18.8. The first kappa shape index (κ1) is 17.7. The quantitative estimate of drug-likeness (QED) is 0.646. The van der Waals surface area contributed by atoms with Gasteiger partial charge >= 0.3 is 0 Å². The van der Waals surface area contributed by atoms with Crippen molar-refractivity contribution in [1.29, 1.82) is 0 Å². The van der Waals surface area contributed by atoms with Gasteiger partial charge in [0, 0.05) is 25.0 Å². The first-order chi connectivity index (χ1) is 13.1. The number of hydrogen-bond acceptors (Lipinski definition) is 5. The van der Waals surface area contributed by atoms with E-state index in [0.717, 1.165) is 34.7 Å². The molecule has 0 saturated carbocycles. The molecule has 0 N–H and O–H groups in total. The highest BCUT2D eigenvalue weighted by Gasteiger charge is 2.26. The fourth-order valence-corrected chi connectivity index (χ4v) is 3.87. The number of fused-ring (bicyclic) bond motifs is 2. The van der Waals surface area contributed by atoms with Gasteiger partial charge in [-0.25, -0.2) is 14.4 Å². The largest absolute Gasteiger partial charge is 0.357 e. The molecule has 0 radical (unpaired) electrons. The Morgan fingerprint density at radius 2 is 1.70 bits per heavy atom. The van der Waals surface area contributed by atoms with Crippen molar-refractivity contribution in [2.24, 2.45) is 0 Å². The summed E-state index contributed by atoms with van der Waals surface area (Å²) in [5, 5.41) is 0. The van der Waals surface area contributed by atoms with E-state index in [1.807, 2.05) is 31.3 Å². The summed E-state index contributed by atoms with van der Waals surface area (Å²) in [6.45, 7) is 1.42. The second-order valence-corrected chi connectivity index (χ2v) is 7.47. The van der Waals surface area contributed by atoms with Crippen molar-refractivity contribution in [3.8, 4) is 0 Å². The van der Waals surface area contributed by atoms with E-state index >= 15 is 0 Å². The lowest BCUT2D eigenvalue weighted by molar-refractivity contribution is -0.116. The van der Waals surface area contributed by atoms with E-state index in [2.05, 4.69) is 4.90 Å². The number of aromatic nitrogens is 2. The lowest BCUT2D eigenvalue weighted by atomic mass is 10.3. The Balaban J connectivity index is 1.62. The van der Waals surface area contributed by atoms with Gasteiger partial charge < -0.3 is 4.90 Å². The number of rotatable bonds is 3. The molecule has 1 aromatic heterocycles. The van der Waals surface area contributed by atoms with Gasteiger partial charge in [-0.1, -0.05) is 12.1 Å². The monoisotopic (exact) mass is 382 g/mol. The maximum absolute atomic E-state index is 13.0. The van der Waals surface area contributed by atoms with Gasteiger partial charge in [0.15, 0.2) is 11.6 Å². The normalized spacial score (nSPS) is 14.1. The molecule has 5 nitrogen and oxygen atoms in total. The van der Waals surface area contributed by atoms with Crippen molar-refractivity contribution in [2.75, 3.05) is 35.7 Å². The van der Waals surface area contributed by atoms with Gasteiger partial charge in [0.1, 0.15) is 5.82 Å². The van der Waals surface area contributed by atoms with E-state index in [1.54, 1.807) is 17.0 Å². The molecule has 0 bridgehead atoms. The average molecular weight is 382 g/mol. The van der Waals surface area contributed by atoms with Crippen molar-refractivity contribution in [3.05, 3.63) is 54.3 Å². The molecule has 1 amide bonds. The number of carbonyl (C=O) groups excluding carboxylic acids is 1. The average Bonchev–Trinajstić information content (AvgIpc) is 2.84. The number of benzene rings is 2. The van der Waals surface area contributed by atoms with Crippen molar-refractivity contribution < 1.29 is 9.18 Å². The number of para-hydroxylation sites is 2. The Kier molecular flexibility index (Phi) is 4.94. The lowest BCUT2D eigenvalue weighted by Gasteiger charge is -2.22. The minimum absolute atomic E-state index is 0.0227. The number of nitrogens with zero attached hydrogens (tertiary/aromatic N) is 4. The van der Waals surface area contributed by atoms with Crippen molar-refractivity contribution in [1.82, 2.24) is 9.97 Å². The third-order valence-electron chi connectivity index (χ3n) is 4.50. The molecule has 1 aliphatic heterocycles. The van der Waals surface area contributed by atoms with Crippen molar-refractivity contribution in [2.45, 2.75) is 11.3 Å². The molecule has 0 spiro atoms. The fourth-order valence-electron chi connectivity index (χ4n) is 3.09. The molecule has 0 unspecified atom stereocenters. The van der Waals surface area contributed by atoms with Crippen molar-refractivity contribution >= 4 is 40.3 Å². The molecule has 7 heteroatoms. The molecular formula is C20H19FN4OS. The summed E-state index contributed by atoms with van der Waals surface area (Å²) in [5.74, 6) is 1.30. The number of anilines is 2. The van der Waals surface area contributed by atoms with Gasteiger partial charge in [0.05, 0.1) is 16.8 Å². The van der Waals surface area contributed by atoms with Crippen LogP contribution in [0, 0.1) is 5.82 Å². The molecule has 27 heavy (non-hydrogen) atoms. The molecule has 2 heterocycles. The van der Waals surface area contributed by atoms with Crippen LogP contribution < -0.4 is 9.80 Å². The van der Waals surface area contributed by atoms with E-state index in [0.29, 0.717) is 12.4 Å². The summed E-state index contributed by atoms with van der Waals surface area (Å²) >= 11 is 1.40. The second-order valence-electron chi connectivity index (χ2n) is 6.42. The zero-order valence-electron chi connectivity index (χ0n) is 14.9. The molecular weight excluding hydrogens is 363 g/mol. The summed E-state index contributed by atoms with van der Waals surface area (Å²) in [5.41, 5.74) is 1.59. The molecule has 1 aliphatic rings. The minimum Gasteiger partial charge on any atom is -0.357 e. The SMILES string of the molecule is CN1CCCN(C(=O)CSc2ccc(F)cc2)c2nc3ccccc3nc21. The van der Waals surface area contributed by atoms with Gasteiger partial charge in [-0.05, 0) is 42.8 Å². The van der Waals surface area contributed by atoms with Crippen LogP contribution in [0.2, 0.25) is 0 Å². The highest BCUT2D eigenvalue weighted by atomic mass is 32.2. The van der Waals surface area contributed by atoms with Crippen LogP contribution in [0.1, 0.15) is 6.42 Å². The summed E-state index contributed by atoms with van der Waals surface area (Å²) in [4.78, 5) is 27.1. The summed E-state index contributed by atoms with van der Waals surface area (Å²) in [6, 6.07) is 13.9. The molecule has 138 valence electrons. The van der Waals surface area contributed by atoms with Crippen LogP contribution in [-0.4, -0.2) is 41.8 Å². The third kappa shape index (κ3) is 3.73. The Morgan fingerprint density at radius 1 is 1.04 bits per heavy atom. The Hall–Kier alpha value is -2.67. The molecule has 2 aromatic carbocycles. The molecule has 0 atom stereocenters. The number of hydrogen-bond donors (Lipinski definition) is 0. The molecule has 4 rings (SSSR count). The maximum Gasteiger partial charge on any atom is 0.238 e. The predicted octanol–water partition coefficient (Wildman–Crippen LogP) is 3.73. The number of halogens is 1. The number of amides is 1. The smallest absolute Gasteiger partial charge is 0.238 e. The van der Waals surface area contributed by atoms with E-state index in [1.165, 1.54) is 23.9 Å². The van der Waals surface area contributed by atoms with Crippen LogP contribution in [0.5, 0.6) is 0 Å². The van der Waals surface area contributed by atoms with Gasteiger partial charge in [0.2, 0.25) is 5.91 Å². The van der Waals surface area contributed by atoms with E-state index in [9.17, 15) is 9.18 Å². The van der Waals surface area contributed by atoms with Crippen LogP contribution in [0.4, 0.5) is 16.0 Å². The summed E-state index contributed by atoms with van der Waals surface area (Å²) < 4.78 is 13.0. The van der Waals surface area contributed by atoms with Gasteiger partial charge in [-0.2, -0.15) is 0 Å². The second kappa shape index (κ2) is 7.52. The van der Waals surface area contributed by atoms with Crippen LogP contribution in [-0.2, 0) is 4.79 Å². The predicted molar refractivity (Wildman–Crippen MR) is 107 cm³/mol. The van der Waals surface area contributed by atoms with Crippen molar-refractivity contribution in [3.63, 3.8) is 0 Å². The van der Waals surface area contributed by atoms with E-state index in [4.69, 9.17) is 9.97 Å². The Labute approximate surface area is 161 Å². The first-order valence-electron chi connectivity index (χ1n) is 8.78. The van der Waals surface area contributed by atoms with E-state index < -0.39 is 0 Å². The number of carbonyl (C=O) groups is 1. The van der Waals surface area contributed by atoms with Crippen LogP contribution in [0.15, 0.2) is 53.4 Å². The third-order valence-corrected chi connectivity index (χ3v) is 5.50. The molecule has 0 fully saturated rings. The lowest BCUT2D eigenvalue weighted by Crippen LogP contribution is -2.33. The Bertz CT molecular complexity index is 979. The maximum atomic E-state index is 13.0. The zero-order valence-corrected chi connectivity index (χ0v) is 15.7. The molecule has 0 saturated heterocycles. The molecule has 0 aliphatic carbocycles. The van der Waals surface area contributed by atoms with Gasteiger partial charge in [-0.3, -0.25) is 9.69 Å². The highest BCUT2D eigenvalue weighted by Crippen LogP contribution is 2.31. The van der Waals surface area contributed by atoms with Gasteiger partial charge in [-0.15, -0.1) is 11.8 Å². The van der Waals surface area contributed by atoms with Gasteiger partial charge in [0.25, 0.3) is 0 Å². The Morgan fingerprint density at radius 3 is 2.41 bits per heavy atom. The standard InChI is InChI=1S/C20H19FN4OS/c1-24-11-4-12-25(18(26)13-27-15-9-7-14(21)8-10-15)20-19(24)22-16-5-2-3-6-17(16)23-20/h2-3,5-10H,4,11-13H2,1H3. The minimum atomic E-state index is -0.280.